The van der Waals surface area contributed by atoms with E-state index >= 15 is 0 Å². The molecule has 0 radical (unpaired) electrons. The lowest BCUT2D eigenvalue weighted by atomic mass is 10.2. The minimum absolute atomic E-state index is 0.216. The molecule has 0 atom stereocenters. The quantitative estimate of drug-likeness (QED) is 0.800. The number of halogens is 1. The predicted octanol–water partition coefficient (Wildman–Crippen LogP) is 3.03. The van der Waals surface area contributed by atoms with E-state index < -0.39 is 0 Å². The van der Waals surface area contributed by atoms with Crippen LogP contribution in [0.25, 0.3) is 11.0 Å². The molecule has 0 spiro atoms. The van der Waals surface area contributed by atoms with Crippen LogP contribution in [0.5, 0.6) is 0 Å². The third-order valence-corrected chi connectivity index (χ3v) is 3.60. The summed E-state index contributed by atoms with van der Waals surface area (Å²) in [6.07, 6.45) is 0.731. The fourth-order valence-electron chi connectivity index (χ4n) is 2.56. The van der Waals surface area contributed by atoms with Crippen molar-refractivity contribution in [1.29, 1.82) is 0 Å². The number of hydrogen-bond donors (Lipinski definition) is 1. The van der Waals surface area contributed by atoms with E-state index in [1.807, 2.05) is 12.1 Å². The van der Waals surface area contributed by atoms with Gasteiger partial charge in [0.25, 0.3) is 0 Å². The first-order valence-corrected chi connectivity index (χ1v) is 7.07. The van der Waals surface area contributed by atoms with Crippen LogP contribution in [0, 0.1) is 12.7 Å². The number of aryl methyl sites for hydroxylation is 1. The molecule has 0 saturated carbocycles. The van der Waals surface area contributed by atoms with Crippen LogP contribution in [-0.4, -0.2) is 16.1 Å². The maximum Gasteiger partial charge on any atom is 0.123 e. The van der Waals surface area contributed by atoms with Crippen LogP contribution in [0.3, 0.4) is 0 Å². The highest BCUT2D eigenvalue weighted by molar-refractivity contribution is 5.77. The van der Waals surface area contributed by atoms with Gasteiger partial charge in [0.1, 0.15) is 11.6 Å². The number of fused-ring (bicyclic) bond motifs is 1. The summed E-state index contributed by atoms with van der Waals surface area (Å²) < 4.78 is 15.2. The molecule has 3 nitrogen and oxygen atoms in total. The minimum atomic E-state index is -0.216. The molecule has 0 saturated heterocycles. The fourth-order valence-corrected chi connectivity index (χ4v) is 2.56. The van der Waals surface area contributed by atoms with E-state index in [0.29, 0.717) is 13.1 Å². The normalized spacial score (nSPS) is 11.2. The van der Waals surface area contributed by atoms with E-state index in [4.69, 9.17) is 5.73 Å². The average molecular weight is 283 g/mol. The first-order valence-electron chi connectivity index (χ1n) is 7.07. The summed E-state index contributed by atoms with van der Waals surface area (Å²) in [6.45, 7) is 3.29. The SMILES string of the molecule is Cc1ccc2c(c1)nc(CCN)n2Cc1ccc(F)cc1. The molecule has 0 fully saturated rings. The van der Waals surface area contributed by atoms with E-state index in [0.717, 1.165) is 28.8 Å². The molecule has 21 heavy (non-hydrogen) atoms. The van der Waals surface area contributed by atoms with E-state index in [1.165, 1.54) is 17.7 Å². The number of nitrogens with two attached hydrogens (primary N) is 1. The van der Waals surface area contributed by atoms with Gasteiger partial charge in [0, 0.05) is 13.0 Å². The van der Waals surface area contributed by atoms with Crippen LogP contribution >= 0.6 is 0 Å². The second-order valence-electron chi connectivity index (χ2n) is 5.27. The van der Waals surface area contributed by atoms with Crippen molar-refractivity contribution in [3.8, 4) is 0 Å². The third-order valence-electron chi connectivity index (χ3n) is 3.60. The molecule has 0 amide bonds. The first kappa shape index (κ1) is 13.8. The molecule has 0 bridgehead atoms. The van der Waals surface area contributed by atoms with Crippen LogP contribution < -0.4 is 5.73 Å². The van der Waals surface area contributed by atoms with Gasteiger partial charge in [-0.1, -0.05) is 18.2 Å². The topological polar surface area (TPSA) is 43.8 Å². The van der Waals surface area contributed by atoms with E-state index in [9.17, 15) is 4.39 Å². The molecule has 0 aliphatic heterocycles. The van der Waals surface area contributed by atoms with Crippen molar-refractivity contribution in [3.05, 3.63) is 65.2 Å². The summed E-state index contributed by atoms with van der Waals surface area (Å²) in [7, 11) is 0. The Kier molecular flexibility index (Phi) is 3.71. The number of imidazole rings is 1. The summed E-state index contributed by atoms with van der Waals surface area (Å²) in [5.41, 5.74) is 10.0. The summed E-state index contributed by atoms with van der Waals surface area (Å²) in [5, 5.41) is 0. The largest absolute Gasteiger partial charge is 0.330 e. The molecule has 0 aliphatic rings. The zero-order chi connectivity index (χ0) is 14.8. The number of nitrogens with zero attached hydrogens (tertiary/aromatic N) is 2. The van der Waals surface area contributed by atoms with Crippen LogP contribution in [0.4, 0.5) is 4.39 Å². The Balaban J connectivity index is 2.06. The third kappa shape index (κ3) is 2.81. The molecular formula is C17H18FN3. The van der Waals surface area contributed by atoms with Gasteiger partial charge in [0.2, 0.25) is 0 Å². The van der Waals surface area contributed by atoms with Crippen LogP contribution in [0.1, 0.15) is 17.0 Å². The van der Waals surface area contributed by atoms with Gasteiger partial charge in [0.15, 0.2) is 0 Å². The highest BCUT2D eigenvalue weighted by Crippen LogP contribution is 2.20. The van der Waals surface area contributed by atoms with Crippen LogP contribution in [-0.2, 0) is 13.0 Å². The monoisotopic (exact) mass is 283 g/mol. The fraction of sp³-hybridized carbons (Fsp3) is 0.235. The zero-order valence-electron chi connectivity index (χ0n) is 12.0. The Bertz CT molecular complexity index is 760. The molecule has 1 heterocycles. The predicted molar refractivity (Wildman–Crippen MR) is 82.7 cm³/mol. The van der Waals surface area contributed by atoms with Crippen molar-refractivity contribution >= 4 is 11.0 Å². The van der Waals surface area contributed by atoms with Gasteiger partial charge in [-0.05, 0) is 48.9 Å². The second kappa shape index (κ2) is 5.66. The van der Waals surface area contributed by atoms with E-state index in [-0.39, 0.29) is 5.82 Å². The summed E-state index contributed by atoms with van der Waals surface area (Å²) in [6, 6.07) is 12.8. The molecule has 1 aromatic heterocycles. The lowest BCUT2D eigenvalue weighted by molar-refractivity contribution is 0.626. The Morgan fingerprint density at radius 2 is 1.90 bits per heavy atom. The Hall–Kier alpha value is -2.20. The Labute approximate surface area is 123 Å². The highest BCUT2D eigenvalue weighted by Gasteiger charge is 2.10. The van der Waals surface area contributed by atoms with Gasteiger partial charge in [-0.3, -0.25) is 0 Å². The Morgan fingerprint density at radius 3 is 2.62 bits per heavy atom. The maximum atomic E-state index is 13.0. The molecule has 2 N–H and O–H groups in total. The molecular weight excluding hydrogens is 265 g/mol. The van der Waals surface area contributed by atoms with Gasteiger partial charge in [0.05, 0.1) is 11.0 Å². The number of benzene rings is 2. The lowest BCUT2D eigenvalue weighted by Gasteiger charge is -2.09. The number of hydrogen-bond acceptors (Lipinski definition) is 2. The van der Waals surface area contributed by atoms with E-state index in [2.05, 4.69) is 34.7 Å². The van der Waals surface area contributed by atoms with Gasteiger partial charge >= 0.3 is 0 Å². The summed E-state index contributed by atoms with van der Waals surface area (Å²) in [4.78, 5) is 4.69. The van der Waals surface area contributed by atoms with Gasteiger partial charge < -0.3 is 10.3 Å². The van der Waals surface area contributed by atoms with Gasteiger partial charge in [-0.15, -0.1) is 0 Å². The minimum Gasteiger partial charge on any atom is -0.330 e. The van der Waals surface area contributed by atoms with Crippen LogP contribution in [0.15, 0.2) is 42.5 Å². The van der Waals surface area contributed by atoms with Crippen molar-refractivity contribution < 1.29 is 4.39 Å². The smallest absolute Gasteiger partial charge is 0.123 e. The zero-order valence-corrected chi connectivity index (χ0v) is 12.0. The van der Waals surface area contributed by atoms with Gasteiger partial charge in [-0.2, -0.15) is 0 Å². The Morgan fingerprint density at radius 1 is 1.14 bits per heavy atom. The molecule has 2 aromatic carbocycles. The standard InChI is InChI=1S/C17H18FN3/c1-12-2-7-16-15(10-12)20-17(8-9-19)21(16)11-13-3-5-14(18)6-4-13/h2-7,10H,8-9,11,19H2,1H3. The highest BCUT2D eigenvalue weighted by atomic mass is 19.1. The molecule has 0 aliphatic carbocycles. The first-order chi connectivity index (χ1) is 10.2. The van der Waals surface area contributed by atoms with Crippen molar-refractivity contribution in [2.75, 3.05) is 6.54 Å². The molecule has 4 heteroatoms. The average Bonchev–Trinajstić information content (AvgIpc) is 2.79. The van der Waals surface area contributed by atoms with Gasteiger partial charge in [-0.25, -0.2) is 9.37 Å². The molecule has 0 unspecified atom stereocenters. The molecule has 3 rings (SSSR count). The summed E-state index contributed by atoms with van der Waals surface area (Å²) >= 11 is 0. The molecule has 3 aromatic rings. The van der Waals surface area contributed by atoms with Crippen molar-refractivity contribution in [2.24, 2.45) is 5.73 Å². The number of rotatable bonds is 4. The maximum absolute atomic E-state index is 13.0. The van der Waals surface area contributed by atoms with Crippen molar-refractivity contribution in [3.63, 3.8) is 0 Å². The molecule has 108 valence electrons. The van der Waals surface area contributed by atoms with Crippen LogP contribution in [0.2, 0.25) is 0 Å². The second-order valence-corrected chi connectivity index (χ2v) is 5.27. The van der Waals surface area contributed by atoms with Crippen molar-refractivity contribution in [1.82, 2.24) is 9.55 Å². The number of aromatic nitrogens is 2. The summed E-state index contributed by atoms with van der Waals surface area (Å²) in [5.74, 6) is 0.759. The van der Waals surface area contributed by atoms with E-state index in [1.54, 1.807) is 0 Å². The van der Waals surface area contributed by atoms with Crippen molar-refractivity contribution in [2.45, 2.75) is 19.9 Å². The lowest BCUT2D eigenvalue weighted by Crippen LogP contribution is -2.10.